The van der Waals surface area contributed by atoms with Crippen LogP contribution in [0, 0.1) is 5.82 Å². The Morgan fingerprint density at radius 2 is 2.40 bits per heavy atom. The van der Waals surface area contributed by atoms with Gasteiger partial charge in [0.25, 0.3) is 0 Å². The summed E-state index contributed by atoms with van der Waals surface area (Å²) in [5, 5.41) is 3.04. The fourth-order valence-corrected chi connectivity index (χ4v) is 2.43. The smallest absolute Gasteiger partial charge is 0.246 e. The van der Waals surface area contributed by atoms with Crippen LogP contribution in [0.3, 0.4) is 0 Å². The van der Waals surface area contributed by atoms with Gasteiger partial charge in [0.05, 0.1) is 5.02 Å². The molecule has 1 aliphatic heterocycles. The predicted molar refractivity (Wildman–Crippen MR) is 76.7 cm³/mol. The van der Waals surface area contributed by atoms with Crippen LogP contribution in [0.25, 0.3) is 0 Å². The monoisotopic (exact) mass is 300 g/mol. The van der Waals surface area contributed by atoms with Crippen molar-refractivity contribution in [3.8, 4) is 0 Å². The maximum absolute atomic E-state index is 13.1. The number of nitrogens with one attached hydrogen (secondary N) is 1. The fourth-order valence-electron chi connectivity index (χ4n) is 2.26. The predicted octanol–water partition coefficient (Wildman–Crippen LogP) is 2.21. The largest absolute Gasteiger partial charge is 0.372 e. The Morgan fingerprint density at radius 1 is 1.60 bits per heavy atom. The number of halogens is 2. The Morgan fingerprint density at radius 3 is 3.10 bits per heavy atom. The van der Waals surface area contributed by atoms with E-state index in [1.807, 2.05) is 6.92 Å². The Balaban J connectivity index is 1.88. The van der Waals surface area contributed by atoms with E-state index >= 15 is 0 Å². The van der Waals surface area contributed by atoms with E-state index in [0.29, 0.717) is 13.2 Å². The standard InChI is InChI=1S/C14H18ClFN2O2/c1-2-20-9-14(19)17-10-5-6-18(8-10)11-3-4-13(16)12(15)7-11/h3-4,7,10H,2,5-6,8-9H2,1H3,(H,17,19). The van der Waals surface area contributed by atoms with Crippen molar-refractivity contribution in [1.29, 1.82) is 0 Å². The molecule has 1 atom stereocenters. The minimum absolute atomic E-state index is 0.0896. The van der Waals surface area contributed by atoms with Crippen LogP contribution in [0.15, 0.2) is 18.2 Å². The van der Waals surface area contributed by atoms with Crippen LogP contribution in [0.5, 0.6) is 0 Å². The average molecular weight is 301 g/mol. The molecule has 0 radical (unpaired) electrons. The zero-order valence-corrected chi connectivity index (χ0v) is 12.1. The van der Waals surface area contributed by atoms with Gasteiger partial charge in [0.15, 0.2) is 0 Å². The molecule has 0 spiro atoms. The first-order chi connectivity index (χ1) is 9.60. The summed E-state index contributed by atoms with van der Waals surface area (Å²) in [5.41, 5.74) is 0.873. The fraction of sp³-hybridized carbons (Fsp3) is 0.500. The van der Waals surface area contributed by atoms with E-state index in [4.69, 9.17) is 16.3 Å². The van der Waals surface area contributed by atoms with Crippen LogP contribution in [0.1, 0.15) is 13.3 Å². The highest BCUT2D eigenvalue weighted by Gasteiger charge is 2.24. The van der Waals surface area contributed by atoms with Gasteiger partial charge in [-0.3, -0.25) is 4.79 Å². The van der Waals surface area contributed by atoms with Crippen LogP contribution in [0.2, 0.25) is 5.02 Å². The van der Waals surface area contributed by atoms with E-state index in [0.717, 1.165) is 18.7 Å². The lowest BCUT2D eigenvalue weighted by molar-refractivity contribution is -0.126. The molecule has 2 rings (SSSR count). The molecule has 1 aromatic carbocycles. The molecule has 0 bridgehead atoms. The summed E-state index contributed by atoms with van der Waals surface area (Å²) >= 11 is 5.78. The highest BCUT2D eigenvalue weighted by Crippen LogP contribution is 2.25. The SMILES string of the molecule is CCOCC(=O)NC1CCN(c2ccc(F)c(Cl)c2)C1. The molecule has 1 aromatic rings. The first-order valence-electron chi connectivity index (χ1n) is 6.67. The van der Waals surface area contributed by atoms with E-state index in [2.05, 4.69) is 10.2 Å². The number of ether oxygens (including phenoxy) is 1. The van der Waals surface area contributed by atoms with E-state index < -0.39 is 5.82 Å². The summed E-state index contributed by atoms with van der Waals surface area (Å²) < 4.78 is 18.2. The number of carbonyl (C=O) groups excluding carboxylic acids is 1. The Hall–Kier alpha value is -1.33. The van der Waals surface area contributed by atoms with Gasteiger partial charge in [0, 0.05) is 31.4 Å². The third-order valence-corrected chi connectivity index (χ3v) is 3.55. The quantitative estimate of drug-likeness (QED) is 0.906. The van der Waals surface area contributed by atoms with Crippen LogP contribution in [0.4, 0.5) is 10.1 Å². The summed E-state index contributed by atoms with van der Waals surface area (Å²) in [7, 11) is 0. The number of rotatable bonds is 5. The van der Waals surface area contributed by atoms with Crippen molar-refractivity contribution < 1.29 is 13.9 Å². The summed E-state index contributed by atoms with van der Waals surface area (Å²) in [4.78, 5) is 13.7. The Bertz CT molecular complexity index is 484. The third-order valence-electron chi connectivity index (χ3n) is 3.26. The molecule has 1 N–H and O–H groups in total. The molecule has 0 saturated carbocycles. The number of carbonyl (C=O) groups is 1. The minimum atomic E-state index is -0.420. The van der Waals surface area contributed by atoms with E-state index in [1.165, 1.54) is 6.07 Å². The average Bonchev–Trinajstić information content (AvgIpc) is 2.88. The number of hydrogen-bond acceptors (Lipinski definition) is 3. The second-order valence-electron chi connectivity index (χ2n) is 4.73. The van der Waals surface area contributed by atoms with Gasteiger partial charge >= 0.3 is 0 Å². The molecule has 1 aliphatic rings. The second kappa shape index (κ2) is 6.90. The lowest BCUT2D eigenvalue weighted by Crippen LogP contribution is -2.39. The van der Waals surface area contributed by atoms with Gasteiger partial charge in [0.2, 0.25) is 5.91 Å². The molecule has 0 aliphatic carbocycles. The Labute approximate surface area is 122 Å². The summed E-state index contributed by atoms with van der Waals surface area (Å²) in [6, 6.07) is 4.76. The van der Waals surface area contributed by atoms with Crippen LogP contribution in [-0.4, -0.2) is 38.3 Å². The van der Waals surface area contributed by atoms with Gasteiger partial charge in [0.1, 0.15) is 12.4 Å². The molecule has 6 heteroatoms. The molecular formula is C14H18ClFN2O2. The van der Waals surface area contributed by atoms with E-state index in [9.17, 15) is 9.18 Å². The van der Waals surface area contributed by atoms with Crippen molar-refractivity contribution in [3.63, 3.8) is 0 Å². The zero-order chi connectivity index (χ0) is 14.5. The minimum Gasteiger partial charge on any atom is -0.372 e. The lowest BCUT2D eigenvalue weighted by Gasteiger charge is -2.19. The van der Waals surface area contributed by atoms with Gasteiger partial charge in [-0.1, -0.05) is 11.6 Å². The number of anilines is 1. The van der Waals surface area contributed by atoms with E-state index in [-0.39, 0.29) is 23.6 Å². The first-order valence-corrected chi connectivity index (χ1v) is 7.05. The lowest BCUT2D eigenvalue weighted by atomic mass is 10.2. The van der Waals surface area contributed by atoms with Gasteiger partial charge in [-0.15, -0.1) is 0 Å². The van der Waals surface area contributed by atoms with E-state index in [1.54, 1.807) is 12.1 Å². The van der Waals surface area contributed by atoms with Crippen LogP contribution in [-0.2, 0) is 9.53 Å². The molecule has 1 heterocycles. The van der Waals surface area contributed by atoms with Crippen molar-refractivity contribution in [2.75, 3.05) is 31.2 Å². The molecule has 0 aromatic heterocycles. The number of benzene rings is 1. The topological polar surface area (TPSA) is 41.6 Å². The molecule has 110 valence electrons. The van der Waals surface area contributed by atoms with Crippen molar-refractivity contribution in [3.05, 3.63) is 29.0 Å². The third kappa shape index (κ3) is 3.84. The summed E-state index contributed by atoms with van der Waals surface area (Å²) in [5.74, 6) is -0.521. The maximum atomic E-state index is 13.1. The van der Waals surface area contributed by atoms with Gasteiger partial charge in [-0.05, 0) is 31.5 Å². The van der Waals surface area contributed by atoms with Crippen molar-refractivity contribution in [2.24, 2.45) is 0 Å². The van der Waals surface area contributed by atoms with Gasteiger partial charge in [-0.2, -0.15) is 0 Å². The van der Waals surface area contributed by atoms with Crippen molar-refractivity contribution in [1.82, 2.24) is 5.32 Å². The van der Waals surface area contributed by atoms with Crippen LogP contribution < -0.4 is 10.2 Å². The molecule has 1 unspecified atom stereocenters. The second-order valence-corrected chi connectivity index (χ2v) is 5.14. The number of hydrogen-bond donors (Lipinski definition) is 1. The summed E-state index contributed by atoms with van der Waals surface area (Å²) in [6.07, 6.45) is 0.854. The highest BCUT2D eigenvalue weighted by atomic mass is 35.5. The van der Waals surface area contributed by atoms with Gasteiger partial charge < -0.3 is 15.0 Å². The summed E-state index contributed by atoms with van der Waals surface area (Å²) in [6.45, 7) is 3.97. The number of amides is 1. The molecule has 1 amide bonds. The first kappa shape index (κ1) is 15.1. The Kier molecular flexibility index (Phi) is 5.20. The molecule has 20 heavy (non-hydrogen) atoms. The molecule has 1 saturated heterocycles. The molecule has 4 nitrogen and oxygen atoms in total. The normalized spacial score (nSPS) is 18.4. The van der Waals surface area contributed by atoms with Crippen molar-refractivity contribution in [2.45, 2.75) is 19.4 Å². The molecular weight excluding hydrogens is 283 g/mol. The number of nitrogens with zero attached hydrogens (tertiary/aromatic N) is 1. The zero-order valence-electron chi connectivity index (χ0n) is 11.4. The van der Waals surface area contributed by atoms with Crippen LogP contribution >= 0.6 is 11.6 Å². The maximum Gasteiger partial charge on any atom is 0.246 e. The van der Waals surface area contributed by atoms with Gasteiger partial charge in [-0.25, -0.2) is 4.39 Å². The molecule has 1 fully saturated rings. The van der Waals surface area contributed by atoms with Crippen molar-refractivity contribution >= 4 is 23.2 Å². The highest BCUT2D eigenvalue weighted by molar-refractivity contribution is 6.31.